The lowest BCUT2D eigenvalue weighted by atomic mass is 9.85. The average Bonchev–Trinajstić information content (AvgIpc) is 2.70. The lowest BCUT2D eigenvalue weighted by molar-refractivity contribution is -0.140. The highest BCUT2D eigenvalue weighted by Gasteiger charge is 2.37. The van der Waals surface area contributed by atoms with Gasteiger partial charge in [0.05, 0.1) is 6.61 Å². The Balaban J connectivity index is 0.00000302. The van der Waals surface area contributed by atoms with E-state index in [0.717, 1.165) is 13.1 Å². The standard InChI is InChI=1S/C21H38N4O4.C3H8/c1-9-29-20(28)15(2)10-11-25(8)19(27)17(21(3,4)5)22-18(26)16-14-23(6)12-13-24(16)7;1-3-2/h10,16-17H,9,11-14H2,1-8H3,(H,22,26);3H2,1-2H3/b15-10+;. The fourth-order valence-electron chi connectivity index (χ4n) is 3.09. The summed E-state index contributed by atoms with van der Waals surface area (Å²) in [6.45, 7) is 16.4. The summed E-state index contributed by atoms with van der Waals surface area (Å²) in [6.07, 6.45) is 2.92. The summed E-state index contributed by atoms with van der Waals surface area (Å²) in [5.74, 6) is -0.719. The van der Waals surface area contributed by atoms with Crippen LogP contribution in [0.2, 0.25) is 0 Å². The number of nitrogens with zero attached hydrogens (tertiary/aromatic N) is 3. The van der Waals surface area contributed by atoms with Crippen LogP contribution in [-0.4, -0.2) is 98.5 Å². The van der Waals surface area contributed by atoms with Crippen molar-refractivity contribution < 1.29 is 19.1 Å². The van der Waals surface area contributed by atoms with Gasteiger partial charge in [-0.3, -0.25) is 14.5 Å². The smallest absolute Gasteiger partial charge is 0.333 e. The van der Waals surface area contributed by atoms with Crippen LogP contribution >= 0.6 is 0 Å². The van der Waals surface area contributed by atoms with Gasteiger partial charge >= 0.3 is 5.97 Å². The second-order valence-electron chi connectivity index (χ2n) is 9.60. The minimum Gasteiger partial charge on any atom is -0.463 e. The van der Waals surface area contributed by atoms with Crippen LogP contribution in [0.15, 0.2) is 11.6 Å². The third-order valence-corrected chi connectivity index (χ3v) is 5.20. The predicted molar refractivity (Wildman–Crippen MR) is 129 cm³/mol. The van der Waals surface area contributed by atoms with Crippen molar-refractivity contribution in [3.63, 3.8) is 0 Å². The van der Waals surface area contributed by atoms with Gasteiger partial charge in [0.1, 0.15) is 12.1 Å². The molecule has 0 radical (unpaired) electrons. The van der Waals surface area contributed by atoms with Gasteiger partial charge in [-0.2, -0.15) is 0 Å². The molecule has 0 bridgehead atoms. The van der Waals surface area contributed by atoms with E-state index in [1.165, 1.54) is 11.3 Å². The van der Waals surface area contributed by atoms with Gasteiger partial charge in [-0.15, -0.1) is 0 Å². The predicted octanol–water partition coefficient (Wildman–Crippen LogP) is 2.15. The SMILES string of the molecule is CCC.CCOC(=O)/C(C)=C/CN(C)C(=O)C(NC(=O)C1CN(C)CCN1C)C(C)(C)C. The molecule has 8 nitrogen and oxygen atoms in total. The zero-order valence-electron chi connectivity index (χ0n) is 21.9. The molecule has 2 unspecified atom stereocenters. The largest absolute Gasteiger partial charge is 0.463 e. The summed E-state index contributed by atoms with van der Waals surface area (Å²) >= 11 is 0. The number of carbonyl (C=O) groups excluding carboxylic acids is 3. The Hall–Kier alpha value is -1.93. The van der Waals surface area contributed by atoms with Crippen LogP contribution in [-0.2, 0) is 19.1 Å². The van der Waals surface area contributed by atoms with Crippen molar-refractivity contribution in [3.8, 4) is 0 Å². The van der Waals surface area contributed by atoms with E-state index >= 15 is 0 Å². The average molecular weight is 455 g/mol. The van der Waals surface area contributed by atoms with E-state index in [4.69, 9.17) is 4.74 Å². The van der Waals surface area contributed by atoms with E-state index in [2.05, 4.69) is 24.1 Å². The molecule has 0 aromatic heterocycles. The van der Waals surface area contributed by atoms with E-state index in [1.54, 1.807) is 27.0 Å². The highest BCUT2D eigenvalue weighted by Crippen LogP contribution is 2.22. The number of esters is 1. The summed E-state index contributed by atoms with van der Waals surface area (Å²) in [6, 6.07) is -0.959. The minimum absolute atomic E-state index is 0.140. The summed E-state index contributed by atoms with van der Waals surface area (Å²) in [4.78, 5) is 43.4. The summed E-state index contributed by atoms with van der Waals surface area (Å²) in [5.41, 5.74) is -0.00485. The second kappa shape index (κ2) is 14.3. The fraction of sp³-hybridized carbons (Fsp3) is 0.792. The molecule has 2 atom stereocenters. The molecule has 1 aliphatic rings. The van der Waals surface area contributed by atoms with Gasteiger partial charge in [0, 0.05) is 38.8 Å². The first kappa shape index (κ1) is 30.1. The van der Waals surface area contributed by atoms with Crippen molar-refractivity contribution in [2.24, 2.45) is 5.41 Å². The number of amides is 2. The van der Waals surface area contributed by atoms with Crippen LogP contribution in [0, 0.1) is 5.41 Å². The van der Waals surface area contributed by atoms with Crippen LogP contribution in [0.1, 0.15) is 54.9 Å². The van der Waals surface area contributed by atoms with Crippen LogP contribution in [0.5, 0.6) is 0 Å². The molecule has 32 heavy (non-hydrogen) atoms. The molecule has 0 spiro atoms. The molecule has 1 saturated heterocycles. The maximum Gasteiger partial charge on any atom is 0.333 e. The Bertz CT molecular complexity index is 642. The van der Waals surface area contributed by atoms with Gasteiger partial charge in [-0.1, -0.05) is 47.1 Å². The van der Waals surface area contributed by atoms with Crippen LogP contribution in [0.3, 0.4) is 0 Å². The molecule has 0 aromatic rings. The van der Waals surface area contributed by atoms with Gasteiger partial charge in [0.2, 0.25) is 11.8 Å². The molecule has 1 fully saturated rings. The number of ether oxygens (including phenoxy) is 1. The Morgan fingerprint density at radius 1 is 1.16 bits per heavy atom. The van der Waals surface area contributed by atoms with Crippen molar-refractivity contribution in [2.45, 2.75) is 67.0 Å². The molecule has 0 saturated carbocycles. The molecule has 2 amide bonds. The highest BCUT2D eigenvalue weighted by molar-refractivity contribution is 5.91. The number of nitrogens with one attached hydrogen (secondary N) is 1. The molecular weight excluding hydrogens is 408 g/mol. The molecule has 186 valence electrons. The Morgan fingerprint density at radius 2 is 1.72 bits per heavy atom. The first-order valence-electron chi connectivity index (χ1n) is 11.6. The maximum absolute atomic E-state index is 13.1. The minimum atomic E-state index is -0.670. The number of rotatable bonds is 7. The number of hydrogen-bond acceptors (Lipinski definition) is 6. The van der Waals surface area contributed by atoms with E-state index in [-0.39, 0.29) is 24.4 Å². The summed E-state index contributed by atoms with van der Waals surface area (Å²) in [5, 5.41) is 2.98. The Morgan fingerprint density at radius 3 is 2.22 bits per heavy atom. The van der Waals surface area contributed by atoms with Gasteiger partial charge in [0.25, 0.3) is 0 Å². The molecule has 1 heterocycles. The quantitative estimate of drug-likeness (QED) is 0.469. The first-order valence-corrected chi connectivity index (χ1v) is 11.6. The lowest BCUT2D eigenvalue weighted by Gasteiger charge is -2.39. The Kier molecular flexibility index (Phi) is 13.4. The van der Waals surface area contributed by atoms with Crippen molar-refractivity contribution in [1.29, 1.82) is 0 Å². The zero-order chi connectivity index (χ0) is 25.1. The fourth-order valence-corrected chi connectivity index (χ4v) is 3.09. The van der Waals surface area contributed by atoms with Gasteiger partial charge in [-0.25, -0.2) is 4.79 Å². The molecule has 0 aliphatic carbocycles. The molecule has 1 N–H and O–H groups in total. The molecular formula is C24H46N4O4. The van der Waals surface area contributed by atoms with Crippen molar-refractivity contribution in [1.82, 2.24) is 20.0 Å². The number of carbonyl (C=O) groups is 3. The third kappa shape index (κ3) is 10.1. The molecule has 8 heteroatoms. The van der Waals surface area contributed by atoms with E-state index < -0.39 is 17.4 Å². The van der Waals surface area contributed by atoms with Gasteiger partial charge < -0.3 is 19.9 Å². The second-order valence-corrected chi connectivity index (χ2v) is 9.60. The summed E-state index contributed by atoms with van der Waals surface area (Å²) in [7, 11) is 5.59. The van der Waals surface area contributed by atoms with Crippen molar-refractivity contribution in [3.05, 3.63) is 11.6 Å². The number of hydrogen-bond donors (Lipinski definition) is 1. The van der Waals surface area contributed by atoms with Crippen molar-refractivity contribution >= 4 is 17.8 Å². The molecule has 1 rings (SSSR count). The normalized spacial score (nSPS) is 18.8. The number of likely N-dealkylation sites (N-methyl/N-ethyl adjacent to an activating group) is 3. The van der Waals surface area contributed by atoms with Gasteiger partial charge in [-0.05, 0) is 33.4 Å². The van der Waals surface area contributed by atoms with E-state index in [0.29, 0.717) is 18.7 Å². The summed E-state index contributed by atoms with van der Waals surface area (Å²) < 4.78 is 4.96. The van der Waals surface area contributed by atoms with Crippen molar-refractivity contribution in [2.75, 3.05) is 53.9 Å². The van der Waals surface area contributed by atoms with Gasteiger partial charge in [0.15, 0.2) is 0 Å². The topological polar surface area (TPSA) is 82.2 Å². The highest BCUT2D eigenvalue weighted by atomic mass is 16.5. The number of piperazine rings is 1. The van der Waals surface area contributed by atoms with Crippen LogP contribution in [0.25, 0.3) is 0 Å². The zero-order valence-corrected chi connectivity index (χ0v) is 21.9. The van der Waals surface area contributed by atoms with Crippen LogP contribution in [0.4, 0.5) is 0 Å². The maximum atomic E-state index is 13.1. The van der Waals surface area contributed by atoms with E-state index in [9.17, 15) is 14.4 Å². The lowest BCUT2D eigenvalue weighted by Crippen LogP contribution is -2.61. The monoisotopic (exact) mass is 454 g/mol. The third-order valence-electron chi connectivity index (χ3n) is 5.20. The van der Waals surface area contributed by atoms with Crippen LogP contribution < -0.4 is 5.32 Å². The molecule has 1 aliphatic heterocycles. The molecule has 0 aromatic carbocycles. The first-order chi connectivity index (χ1) is 14.8. The van der Waals surface area contributed by atoms with E-state index in [1.807, 2.05) is 39.8 Å². The Labute approximate surface area is 195 Å².